The first-order valence-electron chi connectivity index (χ1n) is 5.02. The smallest absolute Gasteiger partial charge is 0.0276 e. The molecule has 0 bridgehead atoms. The maximum atomic E-state index is 3.87. The Bertz CT molecular complexity index is 241. The molecule has 70 valence electrons. The van der Waals surface area contributed by atoms with Gasteiger partial charge in [0, 0.05) is 0 Å². The molecule has 0 heterocycles. The van der Waals surface area contributed by atoms with Crippen LogP contribution in [0.15, 0.2) is 48.6 Å². The van der Waals surface area contributed by atoms with Crippen LogP contribution in [0.25, 0.3) is 0 Å². The van der Waals surface area contributed by atoms with Crippen LogP contribution in [0.2, 0.25) is 0 Å². The van der Waals surface area contributed by atoms with Gasteiger partial charge in [0.25, 0.3) is 0 Å². The van der Waals surface area contributed by atoms with E-state index >= 15 is 0 Å². The third kappa shape index (κ3) is 3.06. The van der Waals surface area contributed by atoms with Crippen molar-refractivity contribution in [2.24, 2.45) is 0 Å². The van der Waals surface area contributed by atoms with Gasteiger partial charge in [0.2, 0.25) is 0 Å². The zero-order valence-corrected chi connectivity index (χ0v) is 8.26. The predicted octanol–water partition coefficient (Wildman–Crippen LogP) is 4.18. The Labute approximate surface area is 81.4 Å². The van der Waals surface area contributed by atoms with Gasteiger partial charge in [0.05, 0.1) is 0 Å². The highest BCUT2D eigenvalue weighted by Gasteiger charge is 2.05. The summed E-state index contributed by atoms with van der Waals surface area (Å²) in [4.78, 5) is 0. The van der Waals surface area contributed by atoms with E-state index in [1.54, 1.807) is 0 Å². The Balaban J connectivity index is 2.81. The molecule has 0 N–H and O–H groups in total. The largest absolute Gasteiger partial charge is 0.0991 e. The standard InChI is InChI=1S/C13H18/c1-3-5-9-13-11-8-6-7-10-12(13)4-2/h3-5,9H,1-2,6-8,10-11H2/b9-5-. The first-order valence-corrected chi connectivity index (χ1v) is 5.02. The lowest BCUT2D eigenvalue weighted by atomic mass is 10.0. The predicted molar refractivity (Wildman–Crippen MR) is 59.6 cm³/mol. The fourth-order valence-electron chi connectivity index (χ4n) is 1.74. The zero-order valence-electron chi connectivity index (χ0n) is 8.26. The molecule has 0 radical (unpaired) electrons. The second-order valence-corrected chi connectivity index (χ2v) is 3.41. The molecule has 1 aliphatic rings. The highest BCUT2D eigenvalue weighted by molar-refractivity contribution is 5.34. The van der Waals surface area contributed by atoms with Crippen LogP contribution in [0.4, 0.5) is 0 Å². The molecule has 0 nitrogen and oxygen atoms in total. The van der Waals surface area contributed by atoms with Gasteiger partial charge in [-0.3, -0.25) is 0 Å². The molecular weight excluding hydrogens is 156 g/mol. The van der Waals surface area contributed by atoms with Crippen molar-refractivity contribution < 1.29 is 0 Å². The Morgan fingerprint density at radius 1 is 0.923 bits per heavy atom. The lowest BCUT2D eigenvalue weighted by molar-refractivity contribution is 0.710. The maximum absolute atomic E-state index is 3.87. The van der Waals surface area contributed by atoms with Gasteiger partial charge in [-0.15, -0.1) is 0 Å². The molecular formula is C13H18. The third-order valence-electron chi connectivity index (χ3n) is 2.48. The molecule has 0 aliphatic heterocycles. The van der Waals surface area contributed by atoms with Crippen LogP contribution in [-0.4, -0.2) is 0 Å². The average Bonchev–Trinajstić information content (AvgIpc) is 2.39. The molecule has 0 atom stereocenters. The van der Waals surface area contributed by atoms with Crippen molar-refractivity contribution in [3.8, 4) is 0 Å². The van der Waals surface area contributed by atoms with Gasteiger partial charge >= 0.3 is 0 Å². The molecule has 0 spiro atoms. The molecule has 0 aromatic heterocycles. The van der Waals surface area contributed by atoms with E-state index in [1.807, 2.05) is 18.2 Å². The summed E-state index contributed by atoms with van der Waals surface area (Å²) in [5.74, 6) is 0. The fraction of sp³-hybridized carbons (Fsp3) is 0.385. The van der Waals surface area contributed by atoms with Crippen molar-refractivity contribution in [2.75, 3.05) is 0 Å². The molecule has 1 rings (SSSR count). The molecule has 0 fully saturated rings. The van der Waals surface area contributed by atoms with Gasteiger partial charge in [-0.25, -0.2) is 0 Å². The molecule has 0 saturated carbocycles. The summed E-state index contributed by atoms with van der Waals surface area (Å²) in [6.07, 6.45) is 14.4. The van der Waals surface area contributed by atoms with Gasteiger partial charge in [0.1, 0.15) is 0 Å². The summed E-state index contributed by atoms with van der Waals surface area (Å²) < 4.78 is 0. The Kier molecular flexibility index (Phi) is 4.31. The Hall–Kier alpha value is -1.04. The van der Waals surface area contributed by atoms with Gasteiger partial charge in [-0.1, -0.05) is 43.9 Å². The maximum Gasteiger partial charge on any atom is -0.0276 e. The summed E-state index contributed by atoms with van der Waals surface area (Å²) in [5, 5.41) is 0. The van der Waals surface area contributed by atoms with Crippen LogP contribution in [0.1, 0.15) is 32.1 Å². The van der Waals surface area contributed by atoms with Crippen LogP contribution in [0, 0.1) is 0 Å². The van der Waals surface area contributed by atoms with Crippen LogP contribution in [-0.2, 0) is 0 Å². The van der Waals surface area contributed by atoms with Crippen molar-refractivity contribution in [1.82, 2.24) is 0 Å². The van der Waals surface area contributed by atoms with E-state index in [1.165, 1.54) is 43.3 Å². The van der Waals surface area contributed by atoms with Gasteiger partial charge in [0.15, 0.2) is 0 Å². The van der Waals surface area contributed by atoms with E-state index < -0.39 is 0 Å². The molecule has 0 aromatic carbocycles. The van der Waals surface area contributed by atoms with Crippen LogP contribution < -0.4 is 0 Å². The van der Waals surface area contributed by atoms with Gasteiger partial charge < -0.3 is 0 Å². The number of rotatable bonds is 3. The van der Waals surface area contributed by atoms with E-state index in [0.717, 1.165) is 0 Å². The summed E-state index contributed by atoms with van der Waals surface area (Å²) in [6, 6.07) is 0. The molecule has 0 aromatic rings. The van der Waals surface area contributed by atoms with Crippen molar-refractivity contribution in [1.29, 1.82) is 0 Å². The minimum Gasteiger partial charge on any atom is -0.0991 e. The van der Waals surface area contributed by atoms with E-state index in [2.05, 4.69) is 19.2 Å². The molecule has 0 saturated heterocycles. The second-order valence-electron chi connectivity index (χ2n) is 3.41. The van der Waals surface area contributed by atoms with Crippen molar-refractivity contribution in [3.05, 3.63) is 48.6 Å². The van der Waals surface area contributed by atoms with Crippen LogP contribution in [0.5, 0.6) is 0 Å². The van der Waals surface area contributed by atoms with E-state index in [0.29, 0.717) is 0 Å². The lowest BCUT2D eigenvalue weighted by Gasteiger charge is -2.03. The number of hydrogen-bond donors (Lipinski definition) is 0. The van der Waals surface area contributed by atoms with E-state index in [-0.39, 0.29) is 0 Å². The Morgan fingerprint density at radius 3 is 2.23 bits per heavy atom. The quantitative estimate of drug-likeness (QED) is 0.563. The second kappa shape index (κ2) is 5.58. The average molecular weight is 174 g/mol. The highest BCUT2D eigenvalue weighted by Crippen LogP contribution is 2.25. The minimum absolute atomic E-state index is 1.19. The van der Waals surface area contributed by atoms with Crippen molar-refractivity contribution in [2.45, 2.75) is 32.1 Å². The minimum atomic E-state index is 1.19. The summed E-state index contributed by atoms with van der Waals surface area (Å²) in [7, 11) is 0. The fourth-order valence-corrected chi connectivity index (χ4v) is 1.74. The van der Waals surface area contributed by atoms with Crippen molar-refractivity contribution in [3.63, 3.8) is 0 Å². The van der Waals surface area contributed by atoms with Gasteiger partial charge in [-0.05, 0) is 36.8 Å². The SMILES string of the molecule is C=C/C=C\C1=C(C=C)CCCCC1. The Morgan fingerprint density at radius 2 is 1.62 bits per heavy atom. The number of hydrogen-bond acceptors (Lipinski definition) is 0. The zero-order chi connectivity index (χ0) is 9.52. The monoisotopic (exact) mass is 174 g/mol. The molecule has 0 amide bonds. The lowest BCUT2D eigenvalue weighted by Crippen LogP contribution is -1.83. The van der Waals surface area contributed by atoms with Gasteiger partial charge in [-0.2, -0.15) is 0 Å². The molecule has 13 heavy (non-hydrogen) atoms. The third-order valence-corrected chi connectivity index (χ3v) is 2.48. The van der Waals surface area contributed by atoms with Crippen LogP contribution in [0.3, 0.4) is 0 Å². The number of allylic oxidation sites excluding steroid dienone is 6. The van der Waals surface area contributed by atoms with E-state index in [4.69, 9.17) is 0 Å². The highest BCUT2D eigenvalue weighted by atomic mass is 14.1. The molecule has 0 heteroatoms. The van der Waals surface area contributed by atoms with Crippen LogP contribution >= 0.6 is 0 Å². The summed E-state index contributed by atoms with van der Waals surface area (Å²) in [5.41, 5.74) is 2.88. The summed E-state index contributed by atoms with van der Waals surface area (Å²) >= 11 is 0. The normalized spacial score (nSPS) is 18.8. The molecule has 1 aliphatic carbocycles. The van der Waals surface area contributed by atoms with E-state index in [9.17, 15) is 0 Å². The topological polar surface area (TPSA) is 0 Å². The van der Waals surface area contributed by atoms with Crippen molar-refractivity contribution >= 4 is 0 Å². The first kappa shape index (κ1) is 10.0. The molecule has 0 unspecified atom stereocenters. The first-order chi connectivity index (χ1) is 6.38. The summed E-state index contributed by atoms with van der Waals surface area (Å²) in [6.45, 7) is 7.55.